The third kappa shape index (κ3) is 2.58. The second-order valence-corrected chi connectivity index (χ2v) is 5.10. The molecule has 1 N–H and O–H groups in total. The summed E-state index contributed by atoms with van der Waals surface area (Å²) in [7, 11) is 0. The highest BCUT2D eigenvalue weighted by atomic mass is 35.5. The fourth-order valence-corrected chi connectivity index (χ4v) is 2.35. The minimum Gasteiger partial charge on any atom is -0.363 e. The van der Waals surface area contributed by atoms with E-state index in [1.54, 1.807) is 6.33 Å². The van der Waals surface area contributed by atoms with Crippen LogP contribution in [-0.2, 0) is 0 Å². The Morgan fingerprint density at radius 2 is 1.85 bits per heavy atom. The standard InChI is InChI=1S/C16H14ClN3/c1-11(12-5-3-2-4-6-12)20-16-14-9-13(17)7-8-15(14)18-10-19-16/h2-11H,1H3,(H,18,19,20)/t11-/m0/s1. The van der Waals surface area contributed by atoms with Crippen LogP contribution in [0.5, 0.6) is 0 Å². The van der Waals surface area contributed by atoms with Gasteiger partial charge in [-0.25, -0.2) is 9.97 Å². The van der Waals surface area contributed by atoms with Crippen LogP contribution in [0.4, 0.5) is 5.82 Å². The van der Waals surface area contributed by atoms with Crippen LogP contribution in [0.15, 0.2) is 54.9 Å². The van der Waals surface area contributed by atoms with E-state index in [0.29, 0.717) is 5.02 Å². The number of fused-ring (bicyclic) bond motifs is 1. The number of anilines is 1. The van der Waals surface area contributed by atoms with Crippen LogP contribution in [0.2, 0.25) is 5.02 Å². The average molecular weight is 284 g/mol. The van der Waals surface area contributed by atoms with Crippen molar-refractivity contribution in [3.63, 3.8) is 0 Å². The Hall–Kier alpha value is -2.13. The Morgan fingerprint density at radius 1 is 1.05 bits per heavy atom. The number of aromatic nitrogens is 2. The number of nitrogens with zero attached hydrogens (tertiary/aromatic N) is 2. The van der Waals surface area contributed by atoms with Gasteiger partial charge in [-0.2, -0.15) is 0 Å². The molecule has 0 bridgehead atoms. The van der Waals surface area contributed by atoms with Gasteiger partial charge >= 0.3 is 0 Å². The lowest BCUT2D eigenvalue weighted by Crippen LogP contribution is -2.08. The molecule has 100 valence electrons. The number of nitrogens with one attached hydrogen (secondary N) is 1. The van der Waals surface area contributed by atoms with Crippen molar-refractivity contribution in [2.24, 2.45) is 0 Å². The first-order valence-electron chi connectivity index (χ1n) is 6.46. The van der Waals surface area contributed by atoms with Crippen molar-refractivity contribution in [3.8, 4) is 0 Å². The van der Waals surface area contributed by atoms with Crippen LogP contribution < -0.4 is 5.32 Å². The maximum absolute atomic E-state index is 6.06. The van der Waals surface area contributed by atoms with Gasteiger partial charge in [0.15, 0.2) is 0 Å². The maximum Gasteiger partial charge on any atom is 0.137 e. The normalized spacial score (nSPS) is 12.3. The molecule has 0 radical (unpaired) electrons. The smallest absolute Gasteiger partial charge is 0.137 e. The van der Waals surface area contributed by atoms with E-state index in [1.807, 2.05) is 36.4 Å². The molecule has 0 aliphatic heterocycles. The Bertz CT molecular complexity index is 728. The van der Waals surface area contributed by atoms with Gasteiger partial charge in [-0.1, -0.05) is 41.9 Å². The van der Waals surface area contributed by atoms with Gasteiger partial charge in [-0.05, 0) is 30.7 Å². The predicted octanol–water partition coefficient (Wildman–Crippen LogP) is 4.46. The maximum atomic E-state index is 6.06. The largest absolute Gasteiger partial charge is 0.363 e. The first-order valence-corrected chi connectivity index (χ1v) is 6.83. The Kier molecular flexibility index (Phi) is 3.52. The second kappa shape index (κ2) is 5.47. The van der Waals surface area contributed by atoms with Gasteiger partial charge in [-0.3, -0.25) is 0 Å². The number of hydrogen-bond acceptors (Lipinski definition) is 3. The lowest BCUT2D eigenvalue weighted by Gasteiger charge is -2.16. The first-order chi connectivity index (χ1) is 9.74. The summed E-state index contributed by atoms with van der Waals surface area (Å²) >= 11 is 6.06. The summed E-state index contributed by atoms with van der Waals surface area (Å²) < 4.78 is 0. The lowest BCUT2D eigenvalue weighted by atomic mass is 10.1. The van der Waals surface area contributed by atoms with E-state index in [2.05, 4.69) is 34.3 Å². The van der Waals surface area contributed by atoms with Crippen molar-refractivity contribution < 1.29 is 0 Å². The van der Waals surface area contributed by atoms with Crippen molar-refractivity contribution in [1.82, 2.24) is 9.97 Å². The van der Waals surface area contributed by atoms with Crippen LogP contribution in [0.1, 0.15) is 18.5 Å². The molecular weight excluding hydrogens is 270 g/mol. The summed E-state index contributed by atoms with van der Waals surface area (Å²) in [5, 5.41) is 5.03. The van der Waals surface area contributed by atoms with Crippen LogP contribution >= 0.6 is 11.6 Å². The van der Waals surface area contributed by atoms with Crippen LogP contribution in [-0.4, -0.2) is 9.97 Å². The molecular formula is C16H14ClN3. The molecule has 0 saturated carbocycles. The molecule has 0 aliphatic carbocycles. The van der Waals surface area contributed by atoms with E-state index in [0.717, 1.165) is 16.7 Å². The molecule has 1 heterocycles. The van der Waals surface area contributed by atoms with E-state index in [1.165, 1.54) is 5.56 Å². The molecule has 2 aromatic carbocycles. The molecule has 0 unspecified atom stereocenters. The van der Waals surface area contributed by atoms with Gasteiger partial charge in [0, 0.05) is 16.5 Å². The van der Waals surface area contributed by atoms with Gasteiger partial charge < -0.3 is 5.32 Å². The molecule has 3 aromatic rings. The minimum absolute atomic E-state index is 0.160. The number of rotatable bonds is 3. The van der Waals surface area contributed by atoms with Gasteiger partial charge in [0.05, 0.1) is 5.52 Å². The van der Waals surface area contributed by atoms with E-state index in [-0.39, 0.29) is 6.04 Å². The molecule has 1 aromatic heterocycles. The van der Waals surface area contributed by atoms with Crippen molar-refractivity contribution >= 4 is 28.3 Å². The Labute approximate surface area is 122 Å². The molecule has 0 fully saturated rings. The van der Waals surface area contributed by atoms with E-state index >= 15 is 0 Å². The van der Waals surface area contributed by atoms with Crippen molar-refractivity contribution in [3.05, 3.63) is 65.4 Å². The van der Waals surface area contributed by atoms with Gasteiger partial charge in [0.2, 0.25) is 0 Å². The molecule has 0 saturated heterocycles. The molecule has 3 nitrogen and oxygen atoms in total. The zero-order chi connectivity index (χ0) is 13.9. The Balaban J connectivity index is 1.97. The van der Waals surface area contributed by atoms with Crippen molar-refractivity contribution in [2.45, 2.75) is 13.0 Å². The highest BCUT2D eigenvalue weighted by molar-refractivity contribution is 6.31. The van der Waals surface area contributed by atoms with Crippen LogP contribution in [0.3, 0.4) is 0 Å². The SMILES string of the molecule is C[C@H](Nc1ncnc2ccc(Cl)cc12)c1ccccc1. The minimum atomic E-state index is 0.160. The first kappa shape index (κ1) is 12.9. The summed E-state index contributed by atoms with van der Waals surface area (Å²) in [6.45, 7) is 2.10. The highest BCUT2D eigenvalue weighted by Crippen LogP contribution is 2.26. The van der Waals surface area contributed by atoms with Gasteiger partial charge in [0.25, 0.3) is 0 Å². The van der Waals surface area contributed by atoms with Crippen molar-refractivity contribution in [2.75, 3.05) is 5.32 Å². The molecule has 20 heavy (non-hydrogen) atoms. The molecule has 3 rings (SSSR count). The predicted molar refractivity (Wildman–Crippen MR) is 83.0 cm³/mol. The lowest BCUT2D eigenvalue weighted by molar-refractivity contribution is 0.876. The van der Waals surface area contributed by atoms with E-state index in [4.69, 9.17) is 11.6 Å². The Morgan fingerprint density at radius 3 is 2.65 bits per heavy atom. The second-order valence-electron chi connectivity index (χ2n) is 4.66. The third-order valence-corrected chi connectivity index (χ3v) is 3.49. The van der Waals surface area contributed by atoms with E-state index in [9.17, 15) is 0 Å². The number of benzene rings is 2. The topological polar surface area (TPSA) is 37.8 Å². The summed E-state index contributed by atoms with van der Waals surface area (Å²) in [6, 6.07) is 16.0. The molecule has 0 spiro atoms. The fraction of sp³-hybridized carbons (Fsp3) is 0.125. The summed E-state index contributed by atoms with van der Waals surface area (Å²) in [5.74, 6) is 0.800. The molecule has 4 heteroatoms. The zero-order valence-electron chi connectivity index (χ0n) is 11.0. The van der Waals surface area contributed by atoms with Gasteiger partial charge in [0.1, 0.15) is 12.1 Å². The monoisotopic (exact) mass is 283 g/mol. The molecule has 0 amide bonds. The molecule has 0 aliphatic rings. The van der Waals surface area contributed by atoms with E-state index < -0.39 is 0 Å². The quantitative estimate of drug-likeness (QED) is 0.771. The summed E-state index contributed by atoms with van der Waals surface area (Å²) in [4.78, 5) is 8.59. The highest BCUT2D eigenvalue weighted by Gasteiger charge is 2.09. The average Bonchev–Trinajstić information content (AvgIpc) is 2.49. The summed E-state index contributed by atoms with van der Waals surface area (Å²) in [5.41, 5.74) is 2.09. The number of hydrogen-bond donors (Lipinski definition) is 1. The van der Waals surface area contributed by atoms with Crippen molar-refractivity contribution in [1.29, 1.82) is 0 Å². The van der Waals surface area contributed by atoms with Crippen LogP contribution in [0, 0.1) is 0 Å². The summed E-state index contributed by atoms with van der Waals surface area (Å²) in [6.07, 6.45) is 1.57. The van der Waals surface area contributed by atoms with Crippen LogP contribution in [0.25, 0.3) is 10.9 Å². The van der Waals surface area contributed by atoms with Gasteiger partial charge in [-0.15, -0.1) is 0 Å². The third-order valence-electron chi connectivity index (χ3n) is 3.25. The fourth-order valence-electron chi connectivity index (χ4n) is 2.17. The zero-order valence-corrected chi connectivity index (χ0v) is 11.8. The molecule has 1 atom stereocenters. The number of halogens is 1.